The molecule has 0 saturated heterocycles. The third kappa shape index (κ3) is 4.26. The Hall–Kier alpha value is -2.08. The number of hydrogen-bond acceptors (Lipinski definition) is 2. The lowest BCUT2D eigenvalue weighted by Crippen LogP contribution is -2.03. The first-order chi connectivity index (χ1) is 11.7. The highest BCUT2D eigenvalue weighted by atomic mass is 127. The Morgan fingerprint density at radius 2 is 1.25 bits per heavy atom. The maximum absolute atomic E-state index is 14.7. The van der Waals surface area contributed by atoms with Gasteiger partial charge in [-0.2, -0.15) is 4.39 Å². The zero-order valence-electron chi connectivity index (χ0n) is 12.9. The van der Waals surface area contributed by atoms with Gasteiger partial charge in [-0.05, 0) is 45.9 Å². The van der Waals surface area contributed by atoms with E-state index in [9.17, 15) is 4.39 Å². The number of hydrogen-bond donors (Lipinski definition) is 0. The zero-order chi connectivity index (χ0) is 16.8. The van der Waals surface area contributed by atoms with Gasteiger partial charge in [-0.3, -0.25) is 0 Å². The van der Waals surface area contributed by atoms with Crippen LogP contribution in [-0.4, -0.2) is 0 Å². The minimum atomic E-state index is -0.464. The molecular formula is C20H16FIO2. The standard InChI is InChI=1S/C20H16FIO2/c21-19-18(23-13-15-7-3-1-4-8-15)12-11-17(22)20(19)24-14-16-9-5-2-6-10-16/h1-12H,13-14H2. The average molecular weight is 434 g/mol. The van der Waals surface area contributed by atoms with Gasteiger partial charge in [0.15, 0.2) is 11.5 Å². The van der Waals surface area contributed by atoms with Gasteiger partial charge in [0.25, 0.3) is 0 Å². The molecule has 0 amide bonds. The van der Waals surface area contributed by atoms with Crippen LogP contribution < -0.4 is 9.47 Å². The lowest BCUT2D eigenvalue weighted by Gasteiger charge is -2.13. The van der Waals surface area contributed by atoms with Crippen LogP contribution in [0.4, 0.5) is 4.39 Å². The molecule has 0 heterocycles. The largest absolute Gasteiger partial charge is 0.486 e. The fourth-order valence-electron chi connectivity index (χ4n) is 2.22. The smallest absolute Gasteiger partial charge is 0.207 e. The van der Waals surface area contributed by atoms with Crippen LogP contribution in [0.2, 0.25) is 0 Å². The molecular weight excluding hydrogens is 418 g/mol. The first-order valence-electron chi connectivity index (χ1n) is 7.55. The Kier molecular flexibility index (Phi) is 5.69. The molecule has 0 spiro atoms. The number of ether oxygens (including phenoxy) is 2. The Labute approximate surface area is 154 Å². The van der Waals surface area contributed by atoms with Gasteiger partial charge in [-0.25, -0.2) is 0 Å². The van der Waals surface area contributed by atoms with Gasteiger partial charge in [-0.1, -0.05) is 60.7 Å². The molecule has 0 aromatic heterocycles. The third-order valence-electron chi connectivity index (χ3n) is 3.48. The van der Waals surface area contributed by atoms with Crippen LogP contribution in [0.1, 0.15) is 11.1 Å². The third-order valence-corrected chi connectivity index (χ3v) is 4.33. The molecule has 0 saturated carbocycles. The Balaban J connectivity index is 1.72. The fraction of sp³-hybridized carbons (Fsp3) is 0.100. The first kappa shape index (κ1) is 16.8. The lowest BCUT2D eigenvalue weighted by molar-refractivity contribution is 0.261. The van der Waals surface area contributed by atoms with Gasteiger partial charge < -0.3 is 9.47 Å². The maximum atomic E-state index is 14.7. The van der Waals surface area contributed by atoms with Crippen molar-refractivity contribution in [2.75, 3.05) is 0 Å². The monoisotopic (exact) mass is 434 g/mol. The van der Waals surface area contributed by atoms with Crippen molar-refractivity contribution >= 4 is 22.6 Å². The summed E-state index contributed by atoms with van der Waals surface area (Å²) in [5.41, 5.74) is 1.98. The van der Waals surface area contributed by atoms with E-state index in [0.29, 0.717) is 16.8 Å². The van der Waals surface area contributed by atoms with Crippen molar-refractivity contribution in [3.63, 3.8) is 0 Å². The van der Waals surface area contributed by atoms with Crippen molar-refractivity contribution in [1.29, 1.82) is 0 Å². The molecule has 0 unspecified atom stereocenters. The zero-order valence-corrected chi connectivity index (χ0v) is 15.1. The van der Waals surface area contributed by atoms with Gasteiger partial charge in [0.1, 0.15) is 13.2 Å². The first-order valence-corrected chi connectivity index (χ1v) is 8.63. The summed E-state index contributed by atoms with van der Waals surface area (Å²) in [5, 5.41) is 0. The van der Waals surface area contributed by atoms with Crippen molar-refractivity contribution in [3.05, 3.63) is 93.3 Å². The fourth-order valence-corrected chi connectivity index (χ4v) is 2.80. The second-order valence-electron chi connectivity index (χ2n) is 5.24. The van der Waals surface area contributed by atoms with Gasteiger partial charge in [0.2, 0.25) is 5.82 Å². The van der Waals surface area contributed by atoms with Crippen LogP contribution in [0.25, 0.3) is 0 Å². The van der Waals surface area contributed by atoms with E-state index in [1.807, 2.05) is 60.7 Å². The van der Waals surface area contributed by atoms with E-state index in [2.05, 4.69) is 22.6 Å². The lowest BCUT2D eigenvalue weighted by atomic mass is 10.2. The second-order valence-corrected chi connectivity index (χ2v) is 6.40. The highest BCUT2D eigenvalue weighted by Gasteiger charge is 2.15. The molecule has 0 bridgehead atoms. The van der Waals surface area contributed by atoms with Gasteiger partial charge >= 0.3 is 0 Å². The molecule has 4 heteroatoms. The molecule has 0 N–H and O–H groups in total. The molecule has 0 aliphatic heterocycles. The molecule has 0 aliphatic rings. The van der Waals surface area contributed by atoms with Gasteiger partial charge in [0.05, 0.1) is 3.57 Å². The summed E-state index contributed by atoms with van der Waals surface area (Å²) in [7, 11) is 0. The molecule has 3 aromatic rings. The topological polar surface area (TPSA) is 18.5 Å². The summed E-state index contributed by atoms with van der Waals surface area (Å²) in [6.45, 7) is 0.631. The van der Waals surface area contributed by atoms with Crippen LogP contribution in [0.3, 0.4) is 0 Å². The van der Waals surface area contributed by atoms with E-state index >= 15 is 0 Å². The number of benzene rings is 3. The minimum absolute atomic E-state index is 0.197. The molecule has 0 radical (unpaired) electrons. The van der Waals surface area contributed by atoms with Crippen LogP contribution in [-0.2, 0) is 13.2 Å². The second kappa shape index (κ2) is 8.15. The van der Waals surface area contributed by atoms with Crippen molar-refractivity contribution < 1.29 is 13.9 Å². The van der Waals surface area contributed by atoms with Crippen LogP contribution >= 0.6 is 22.6 Å². The Morgan fingerprint density at radius 3 is 1.83 bits per heavy atom. The predicted molar refractivity (Wildman–Crippen MR) is 101 cm³/mol. The molecule has 122 valence electrons. The van der Waals surface area contributed by atoms with Gasteiger partial charge in [-0.15, -0.1) is 0 Å². The van der Waals surface area contributed by atoms with Crippen molar-refractivity contribution in [1.82, 2.24) is 0 Å². The van der Waals surface area contributed by atoms with E-state index in [1.165, 1.54) is 0 Å². The summed E-state index contributed by atoms with van der Waals surface area (Å²) < 4.78 is 26.7. The molecule has 2 nitrogen and oxygen atoms in total. The van der Waals surface area contributed by atoms with E-state index < -0.39 is 5.82 Å². The van der Waals surface area contributed by atoms with Crippen LogP contribution in [0.15, 0.2) is 72.8 Å². The highest BCUT2D eigenvalue weighted by Crippen LogP contribution is 2.32. The Bertz CT molecular complexity index is 791. The summed E-state index contributed by atoms with van der Waals surface area (Å²) in [4.78, 5) is 0. The molecule has 24 heavy (non-hydrogen) atoms. The van der Waals surface area contributed by atoms with E-state index in [0.717, 1.165) is 11.1 Å². The Morgan fingerprint density at radius 1 is 0.708 bits per heavy atom. The summed E-state index contributed by atoms with van der Waals surface area (Å²) >= 11 is 2.06. The summed E-state index contributed by atoms with van der Waals surface area (Å²) in [5.74, 6) is -0.0406. The molecule has 0 fully saturated rings. The normalized spacial score (nSPS) is 10.4. The quantitative estimate of drug-likeness (QED) is 0.471. The molecule has 3 rings (SSSR count). The summed E-state index contributed by atoms with van der Waals surface area (Å²) in [6, 6.07) is 22.8. The number of rotatable bonds is 6. The van der Waals surface area contributed by atoms with Crippen LogP contribution in [0, 0.1) is 9.39 Å². The SMILES string of the molecule is Fc1c(OCc2ccccc2)ccc(I)c1OCc1ccccc1. The molecule has 0 aliphatic carbocycles. The molecule has 0 atom stereocenters. The van der Waals surface area contributed by atoms with E-state index in [-0.39, 0.29) is 11.5 Å². The van der Waals surface area contributed by atoms with Gasteiger partial charge in [0, 0.05) is 0 Å². The van der Waals surface area contributed by atoms with Crippen molar-refractivity contribution in [2.24, 2.45) is 0 Å². The van der Waals surface area contributed by atoms with Crippen LogP contribution in [0.5, 0.6) is 11.5 Å². The van der Waals surface area contributed by atoms with Crippen molar-refractivity contribution in [3.8, 4) is 11.5 Å². The average Bonchev–Trinajstić information content (AvgIpc) is 2.63. The highest BCUT2D eigenvalue weighted by molar-refractivity contribution is 14.1. The van der Waals surface area contributed by atoms with E-state index in [1.54, 1.807) is 12.1 Å². The number of halogens is 2. The maximum Gasteiger partial charge on any atom is 0.207 e. The van der Waals surface area contributed by atoms with E-state index in [4.69, 9.17) is 9.47 Å². The minimum Gasteiger partial charge on any atom is -0.486 e. The molecule has 3 aromatic carbocycles. The summed E-state index contributed by atoms with van der Waals surface area (Å²) in [6.07, 6.45) is 0. The van der Waals surface area contributed by atoms with Crippen molar-refractivity contribution in [2.45, 2.75) is 13.2 Å². The predicted octanol–water partition coefficient (Wildman–Crippen LogP) is 5.59.